The van der Waals surface area contributed by atoms with Crippen molar-refractivity contribution >= 4 is 17.8 Å². The molecule has 0 aromatic carbocycles. The Balaban J connectivity index is 1.70. The largest absolute Gasteiger partial charge is 0.481 e. The van der Waals surface area contributed by atoms with Gasteiger partial charge in [-0.2, -0.15) is 0 Å². The number of carbonyl (C=O) groups excluding carboxylic acids is 1. The number of rotatable bonds is 4. The molecule has 0 spiro atoms. The highest BCUT2D eigenvalue weighted by Gasteiger charge is 2.74. The lowest BCUT2D eigenvalue weighted by atomic mass is 9.87. The maximum Gasteiger partial charge on any atom is 0.324 e. The lowest BCUT2D eigenvalue weighted by molar-refractivity contribution is -0.145. The number of carboxylic acid groups (broad SMARTS) is 2. The van der Waals surface area contributed by atoms with Crippen molar-refractivity contribution in [2.45, 2.75) is 50.1 Å². The minimum atomic E-state index is -1.54. The van der Waals surface area contributed by atoms with E-state index < -0.39 is 35.4 Å². The van der Waals surface area contributed by atoms with Gasteiger partial charge in [-0.3, -0.25) is 14.4 Å². The average molecular weight is 310 g/mol. The Labute approximate surface area is 128 Å². The highest BCUT2D eigenvalue weighted by atomic mass is 16.4. The standard InChI is InChI=1S/C15H22N2O5/c16-15(14(21)22)6-8(9-10(11(9)15)13(19)20)17-12(18)7-4-2-1-3-5-7/h7-11H,1-6,16H2,(H,17,18)(H,19,20)(H,21,22)/t8-,9-,10-,11-,15-/m0/s1. The fraction of sp³-hybridized carbons (Fsp3) is 0.800. The molecule has 3 fully saturated rings. The molecule has 3 aliphatic carbocycles. The zero-order chi connectivity index (χ0) is 16.1. The number of nitrogens with one attached hydrogen (secondary N) is 1. The number of amides is 1. The van der Waals surface area contributed by atoms with E-state index in [-0.39, 0.29) is 24.2 Å². The molecule has 7 heteroatoms. The van der Waals surface area contributed by atoms with Crippen LogP contribution < -0.4 is 11.1 Å². The van der Waals surface area contributed by atoms with Gasteiger partial charge < -0.3 is 21.3 Å². The van der Waals surface area contributed by atoms with Gasteiger partial charge in [0, 0.05) is 17.9 Å². The maximum atomic E-state index is 12.3. The summed E-state index contributed by atoms with van der Waals surface area (Å²) in [6.45, 7) is 0. The first-order valence-corrected chi connectivity index (χ1v) is 7.91. The summed E-state index contributed by atoms with van der Waals surface area (Å²) in [6, 6.07) is -0.443. The van der Waals surface area contributed by atoms with E-state index in [2.05, 4.69) is 5.32 Å². The number of nitrogens with two attached hydrogens (primary N) is 1. The van der Waals surface area contributed by atoms with E-state index in [4.69, 9.17) is 5.73 Å². The van der Waals surface area contributed by atoms with E-state index in [1.807, 2.05) is 0 Å². The smallest absolute Gasteiger partial charge is 0.324 e. The monoisotopic (exact) mass is 310 g/mol. The van der Waals surface area contributed by atoms with Crippen molar-refractivity contribution in [2.24, 2.45) is 29.4 Å². The third kappa shape index (κ3) is 2.27. The third-order valence-corrected chi connectivity index (χ3v) is 5.68. The molecule has 0 heterocycles. The normalized spacial score (nSPS) is 40.8. The van der Waals surface area contributed by atoms with Gasteiger partial charge in [-0.15, -0.1) is 0 Å². The van der Waals surface area contributed by atoms with Gasteiger partial charge in [0.1, 0.15) is 5.54 Å². The highest BCUT2D eigenvalue weighted by molar-refractivity contribution is 5.86. The zero-order valence-electron chi connectivity index (χ0n) is 12.3. The molecular formula is C15H22N2O5. The second kappa shape index (κ2) is 5.22. The van der Waals surface area contributed by atoms with Gasteiger partial charge in [0.05, 0.1) is 5.92 Å². The van der Waals surface area contributed by atoms with Gasteiger partial charge in [0.2, 0.25) is 5.91 Å². The van der Waals surface area contributed by atoms with Crippen LogP contribution in [0.3, 0.4) is 0 Å². The summed E-state index contributed by atoms with van der Waals surface area (Å²) < 4.78 is 0. The van der Waals surface area contributed by atoms with Gasteiger partial charge in [-0.25, -0.2) is 0 Å². The molecule has 0 aromatic heterocycles. The Kier molecular flexibility index (Phi) is 3.63. The zero-order valence-corrected chi connectivity index (χ0v) is 12.3. The SMILES string of the molecule is N[C@@]1(C(=O)O)C[C@H](NC(=O)C2CCCCC2)[C@H]2[C@H](C(=O)O)[C@H]21. The summed E-state index contributed by atoms with van der Waals surface area (Å²) in [6.07, 6.45) is 5.01. The van der Waals surface area contributed by atoms with Crippen molar-refractivity contribution in [1.29, 1.82) is 0 Å². The summed E-state index contributed by atoms with van der Waals surface area (Å²) >= 11 is 0. The van der Waals surface area contributed by atoms with Gasteiger partial charge >= 0.3 is 11.9 Å². The van der Waals surface area contributed by atoms with E-state index in [0.717, 1.165) is 32.1 Å². The van der Waals surface area contributed by atoms with Crippen molar-refractivity contribution in [1.82, 2.24) is 5.32 Å². The Hall–Kier alpha value is -1.63. The molecule has 5 atom stereocenters. The molecule has 0 aromatic rings. The molecule has 0 bridgehead atoms. The quantitative estimate of drug-likeness (QED) is 0.586. The van der Waals surface area contributed by atoms with Gasteiger partial charge in [-0.1, -0.05) is 19.3 Å². The Morgan fingerprint density at radius 1 is 1.09 bits per heavy atom. The molecule has 22 heavy (non-hydrogen) atoms. The van der Waals surface area contributed by atoms with Gasteiger partial charge in [0.25, 0.3) is 0 Å². The first kappa shape index (κ1) is 15.3. The van der Waals surface area contributed by atoms with Crippen molar-refractivity contribution < 1.29 is 24.6 Å². The van der Waals surface area contributed by atoms with Crippen molar-refractivity contribution in [2.75, 3.05) is 0 Å². The molecule has 5 N–H and O–H groups in total. The minimum Gasteiger partial charge on any atom is -0.481 e. The molecule has 3 rings (SSSR count). The second-order valence-electron chi connectivity index (χ2n) is 6.97. The van der Waals surface area contributed by atoms with Gasteiger partial charge in [-0.05, 0) is 25.2 Å². The molecule has 7 nitrogen and oxygen atoms in total. The molecule has 122 valence electrons. The molecule has 3 saturated carbocycles. The average Bonchev–Trinajstić information content (AvgIpc) is 3.17. The van der Waals surface area contributed by atoms with E-state index in [0.29, 0.717) is 0 Å². The van der Waals surface area contributed by atoms with Crippen molar-refractivity contribution in [3.8, 4) is 0 Å². The van der Waals surface area contributed by atoms with Crippen molar-refractivity contribution in [3.63, 3.8) is 0 Å². The molecule has 1 amide bonds. The van der Waals surface area contributed by atoms with Crippen LogP contribution in [0.25, 0.3) is 0 Å². The van der Waals surface area contributed by atoms with E-state index in [1.54, 1.807) is 0 Å². The summed E-state index contributed by atoms with van der Waals surface area (Å²) in [5, 5.41) is 21.4. The predicted molar refractivity (Wildman–Crippen MR) is 75.8 cm³/mol. The lowest BCUT2D eigenvalue weighted by Gasteiger charge is -2.27. The minimum absolute atomic E-state index is 0.0353. The first-order valence-electron chi connectivity index (χ1n) is 7.91. The van der Waals surface area contributed by atoms with Crippen LogP contribution in [0.15, 0.2) is 0 Å². The molecule has 0 saturated heterocycles. The first-order chi connectivity index (χ1) is 10.4. The molecule has 3 aliphatic rings. The molecule has 0 aliphatic heterocycles. The Morgan fingerprint density at radius 2 is 1.73 bits per heavy atom. The highest BCUT2D eigenvalue weighted by Crippen LogP contribution is 2.61. The second-order valence-corrected chi connectivity index (χ2v) is 6.97. The number of hydrogen-bond acceptors (Lipinski definition) is 4. The number of carboxylic acids is 2. The third-order valence-electron chi connectivity index (χ3n) is 5.68. The van der Waals surface area contributed by atoms with E-state index >= 15 is 0 Å². The maximum absolute atomic E-state index is 12.3. The lowest BCUT2D eigenvalue weighted by Crippen LogP contribution is -2.52. The van der Waals surface area contributed by atoms with Crippen LogP contribution >= 0.6 is 0 Å². The number of aliphatic carboxylic acids is 2. The Bertz CT molecular complexity index is 516. The van der Waals surface area contributed by atoms with Gasteiger partial charge in [0.15, 0.2) is 0 Å². The topological polar surface area (TPSA) is 130 Å². The summed E-state index contributed by atoms with van der Waals surface area (Å²) in [7, 11) is 0. The Morgan fingerprint density at radius 3 is 2.27 bits per heavy atom. The molecule has 0 radical (unpaired) electrons. The van der Waals surface area contributed by atoms with Crippen LogP contribution in [0, 0.1) is 23.7 Å². The van der Waals surface area contributed by atoms with E-state index in [9.17, 15) is 24.6 Å². The number of carbonyl (C=O) groups is 3. The summed E-state index contributed by atoms with van der Waals surface area (Å²) in [5.74, 6) is -4.01. The van der Waals surface area contributed by atoms with Crippen LogP contribution in [0.1, 0.15) is 38.5 Å². The van der Waals surface area contributed by atoms with Crippen LogP contribution in [0.2, 0.25) is 0 Å². The van der Waals surface area contributed by atoms with E-state index in [1.165, 1.54) is 0 Å². The van der Waals surface area contributed by atoms with Crippen LogP contribution in [0.4, 0.5) is 0 Å². The number of fused-ring (bicyclic) bond motifs is 1. The fourth-order valence-corrected chi connectivity index (χ4v) is 4.50. The molecule has 0 unspecified atom stereocenters. The predicted octanol–water partition coefficient (Wildman–Crippen LogP) is 0.184. The molecular weight excluding hydrogens is 288 g/mol. The van der Waals surface area contributed by atoms with Crippen molar-refractivity contribution in [3.05, 3.63) is 0 Å². The van der Waals surface area contributed by atoms with Crippen LogP contribution in [-0.4, -0.2) is 39.6 Å². The summed E-state index contributed by atoms with van der Waals surface area (Å²) in [5.41, 5.74) is 4.40. The summed E-state index contributed by atoms with van der Waals surface area (Å²) in [4.78, 5) is 35.0. The van der Waals surface area contributed by atoms with Crippen LogP contribution in [-0.2, 0) is 14.4 Å². The van der Waals surface area contributed by atoms with Crippen LogP contribution in [0.5, 0.6) is 0 Å². The fourth-order valence-electron chi connectivity index (χ4n) is 4.50. The number of hydrogen-bond donors (Lipinski definition) is 4.